The zero-order chi connectivity index (χ0) is 16.2. The summed E-state index contributed by atoms with van der Waals surface area (Å²) in [7, 11) is 0. The Kier molecular flexibility index (Phi) is 4.63. The average Bonchev–Trinajstić information content (AvgIpc) is 2.60. The molecule has 0 bridgehead atoms. The first-order chi connectivity index (χ1) is 11.3. The van der Waals surface area contributed by atoms with Crippen LogP contribution in [0.1, 0.15) is 17.3 Å². The number of para-hydroxylation sites is 1. The fraction of sp³-hybridized carbons (Fsp3) is 0.158. The van der Waals surface area contributed by atoms with Crippen LogP contribution in [0.5, 0.6) is 0 Å². The molecule has 0 radical (unpaired) electrons. The lowest BCUT2D eigenvalue weighted by molar-refractivity contribution is 0.0522. The molecule has 1 aromatic heterocycles. The number of hydrogen-bond donors (Lipinski definition) is 0. The van der Waals surface area contributed by atoms with Crippen LogP contribution >= 0.6 is 11.8 Å². The Morgan fingerprint density at radius 3 is 2.48 bits per heavy atom. The van der Waals surface area contributed by atoms with Crippen molar-refractivity contribution in [2.24, 2.45) is 0 Å². The van der Waals surface area contributed by atoms with Crippen molar-refractivity contribution in [3.8, 4) is 11.1 Å². The molecular weight excluding hydrogens is 306 g/mol. The number of carbonyl (C=O) groups excluding carboxylic acids is 1. The summed E-state index contributed by atoms with van der Waals surface area (Å²) in [6.45, 7) is 2.15. The van der Waals surface area contributed by atoms with Crippen LogP contribution in [0.4, 0.5) is 0 Å². The number of esters is 1. The normalized spacial score (nSPS) is 10.7. The Morgan fingerprint density at radius 1 is 1.09 bits per heavy atom. The van der Waals surface area contributed by atoms with E-state index in [9.17, 15) is 4.79 Å². The maximum absolute atomic E-state index is 12.6. The summed E-state index contributed by atoms with van der Waals surface area (Å²) in [6, 6.07) is 17.8. The van der Waals surface area contributed by atoms with Crippen molar-refractivity contribution in [1.82, 2.24) is 4.98 Å². The minimum absolute atomic E-state index is 0.325. The van der Waals surface area contributed by atoms with Crippen LogP contribution in [0.3, 0.4) is 0 Å². The Bertz CT molecular complexity index is 847. The highest BCUT2D eigenvalue weighted by Gasteiger charge is 2.22. The second-order valence-corrected chi connectivity index (χ2v) is 5.77. The van der Waals surface area contributed by atoms with Crippen molar-refractivity contribution < 1.29 is 9.53 Å². The maximum atomic E-state index is 12.6. The molecule has 0 saturated heterocycles. The Morgan fingerprint density at radius 2 is 1.78 bits per heavy atom. The van der Waals surface area contributed by atoms with Crippen molar-refractivity contribution in [1.29, 1.82) is 0 Å². The molecule has 4 heteroatoms. The summed E-state index contributed by atoms with van der Waals surface area (Å²) >= 11 is 1.46. The van der Waals surface area contributed by atoms with Gasteiger partial charge in [0.2, 0.25) is 0 Å². The molecule has 0 aliphatic heterocycles. The molecule has 1 heterocycles. The van der Waals surface area contributed by atoms with Crippen LogP contribution < -0.4 is 0 Å². The predicted molar refractivity (Wildman–Crippen MR) is 94.9 cm³/mol. The highest BCUT2D eigenvalue weighted by atomic mass is 32.2. The number of nitrogens with zero attached hydrogens (tertiary/aromatic N) is 1. The van der Waals surface area contributed by atoms with Gasteiger partial charge in [0.1, 0.15) is 10.6 Å². The molecule has 3 aromatic rings. The van der Waals surface area contributed by atoms with Crippen molar-refractivity contribution in [2.45, 2.75) is 11.9 Å². The monoisotopic (exact) mass is 323 g/mol. The summed E-state index contributed by atoms with van der Waals surface area (Å²) in [5.74, 6) is -0.325. The molecule has 0 aliphatic carbocycles. The summed E-state index contributed by atoms with van der Waals surface area (Å²) in [5.41, 5.74) is 3.30. The highest BCUT2D eigenvalue weighted by Crippen LogP contribution is 2.36. The third-order valence-electron chi connectivity index (χ3n) is 3.59. The molecule has 23 heavy (non-hydrogen) atoms. The average molecular weight is 323 g/mol. The third kappa shape index (κ3) is 2.94. The third-order valence-corrected chi connectivity index (χ3v) is 4.28. The van der Waals surface area contributed by atoms with E-state index in [0.717, 1.165) is 22.0 Å². The summed E-state index contributed by atoms with van der Waals surface area (Å²) < 4.78 is 5.29. The fourth-order valence-corrected chi connectivity index (χ4v) is 3.21. The number of aromatic nitrogens is 1. The number of thioether (sulfide) groups is 1. The number of ether oxygens (including phenoxy) is 1. The van der Waals surface area contributed by atoms with Crippen molar-refractivity contribution >= 4 is 28.6 Å². The zero-order valence-corrected chi connectivity index (χ0v) is 13.9. The van der Waals surface area contributed by atoms with Gasteiger partial charge in [0.25, 0.3) is 0 Å². The standard InChI is InChI=1S/C19H17NO2S/c1-3-22-19(21)17-16(13-9-5-4-6-10-13)14-11-7-8-12-15(14)20-18(17)23-2/h4-12H,3H2,1-2H3. The minimum atomic E-state index is -0.325. The Balaban J connectivity index is 2.40. The number of benzene rings is 2. The number of hydrogen-bond acceptors (Lipinski definition) is 4. The van der Waals surface area contributed by atoms with Gasteiger partial charge in [0.15, 0.2) is 0 Å². The van der Waals surface area contributed by atoms with Crippen LogP contribution in [0, 0.1) is 0 Å². The van der Waals surface area contributed by atoms with Gasteiger partial charge in [-0.05, 0) is 24.8 Å². The van der Waals surface area contributed by atoms with Gasteiger partial charge in [-0.15, -0.1) is 11.8 Å². The van der Waals surface area contributed by atoms with E-state index >= 15 is 0 Å². The number of carbonyl (C=O) groups is 1. The first-order valence-corrected chi connectivity index (χ1v) is 8.68. The number of pyridine rings is 1. The lowest BCUT2D eigenvalue weighted by atomic mass is 9.96. The Hall–Kier alpha value is -2.33. The molecule has 3 rings (SSSR count). The summed E-state index contributed by atoms with van der Waals surface area (Å²) in [5, 5.41) is 1.65. The molecule has 0 N–H and O–H groups in total. The van der Waals surface area contributed by atoms with E-state index in [1.54, 1.807) is 0 Å². The van der Waals surface area contributed by atoms with Crippen LogP contribution in [0.25, 0.3) is 22.0 Å². The van der Waals surface area contributed by atoms with Crippen molar-refractivity contribution in [3.63, 3.8) is 0 Å². The van der Waals surface area contributed by atoms with Crippen molar-refractivity contribution in [3.05, 3.63) is 60.2 Å². The van der Waals surface area contributed by atoms with E-state index in [-0.39, 0.29) is 5.97 Å². The van der Waals surface area contributed by atoms with Crippen LogP contribution in [0.2, 0.25) is 0 Å². The van der Waals surface area contributed by atoms with Crippen LogP contribution in [0.15, 0.2) is 59.6 Å². The second-order valence-electron chi connectivity index (χ2n) is 4.97. The molecule has 0 aliphatic rings. The lowest BCUT2D eigenvalue weighted by Crippen LogP contribution is -2.10. The maximum Gasteiger partial charge on any atom is 0.341 e. The molecule has 0 amide bonds. The highest BCUT2D eigenvalue weighted by molar-refractivity contribution is 7.98. The first-order valence-electron chi connectivity index (χ1n) is 7.45. The molecule has 0 fully saturated rings. The van der Waals surface area contributed by atoms with E-state index in [4.69, 9.17) is 4.74 Å². The molecular formula is C19H17NO2S. The van der Waals surface area contributed by atoms with Crippen molar-refractivity contribution in [2.75, 3.05) is 12.9 Å². The molecule has 0 saturated carbocycles. The topological polar surface area (TPSA) is 39.2 Å². The first kappa shape index (κ1) is 15.6. The van der Waals surface area contributed by atoms with Gasteiger partial charge in [-0.25, -0.2) is 9.78 Å². The Labute approximate surface area is 139 Å². The minimum Gasteiger partial charge on any atom is -0.462 e. The van der Waals surface area contributed by atoms with Gasteiger partial charge >= 0.3 is 5.97 Å². The zero-order valence-electron chi connectivity index (χ0n) is 13.1. The molecule has 3 nitrogen and oxygen atoms in total. The van der Waals surface area contributed by atoms with E-state index in [1.165, 1.54) is 11.8 Å². The van der Waals surface area contributed by atoms with E-state index in [1.807, 2.05) is 67.8 Å². The van der Waals surface area contributed by atoms with E-state index in [2.05, 4.69) is 4.98 Å². The quantitative estimate of drug-likeness (QED) is 0.511. The number of fused-ring (bicyclic) bond motifs is 1. The smallest absolute Gasteiger partial charge is 0.341 e. The SMILES string of the molecule is CCOC(=O)c1c(SC)nc2ccccc2c1-c1ccccc1. The largest absolute Gasteiger partial charge is 0.462 e. The summed E-state index contributed by atoms with van der Waals surface area (Å²) in [4.78, 5) is 17.2. The van der Waals surface area contributed by atoms with Gasteiger partial charge in [-0.3, -0.25) is 0 Å². The second kappa shape index (κ2) is 6.84. The molecule has 2 aromatic carbocycles. The van der Waals surface area contributed by atoms with Crippen LogP contribution in [-0.4, -0.2) is 23.8 Å². The molecule has 0 atom stereocenters. The van der Waals surface area contributed by atoms with Gasteiger partial charge in [-0.1, -0.05) is 48.5 Å². The van der Waals surface area contributed by atoms with Gasteiger partial charge in [0, 0.05) is 10.9 Å². The summed E-state index contributed by atoms with van der Waals surface area (Å²) in [6.07, 6.45) is 1.93. The van der Waals surface area contributed by atoms with Crippen LogP contribution in [-0.2, 0) is 4.74 Å². The van der Waals surface area contributed by atoms with E-state index in [0.29, 0.717) is 17.2 Å². The lowest BCUT2D eigenvalue weighted by Gasteiger charge is -2.15. The van der Waals surface area contributed by atoms with Gasteiger partial charge in [0.05, 0.1) is 12.1 Å². The predicted octanol–water partition coefficient (Wildman–Crippen LogP) is 4.80. The molecule has 116 valence electrons. The van der Waals surface area contributed by atoms with Gasteiger partial charge in [-0.2, -0.15) is 0 Å². The number of rotatable bonds is 4. The fourth-order valence-electron chi connectivity index (χ4n) is 2.63. The molecule has 0 unspecified atom stereocenters. The van der Waals surface area contributed by atoms with E-state index < -0.39 is 0 Å². The molecule has 0 spiro atoms. The van der Waals surface area contributed by atoms with Gasteiger partial charge < -0.3 is 4.74 Å².